The first-order valence-corrected chi connectivity index (χ1v) is 7.09. The number of H-pyrrole nitrogens is 1. The van der Waals surface area contributed by atoms with E-state index in [9.17, 15) is 9.18 Å². The molecule has 3 aromatic rings. The van der Waals surface area contributed by atoms with Gasteiger partial charge in [-0.2, -0.15) is 0 Å². The van der Waals surface area contributed by atoms with E-state index in [-0.39, 0.29) is 10.6 Å². The number of hydrogen-bond acceptors (Lipinski definition) is 1. The standard InChI is InChI=1S/C17H13ClFNO/c1-2-10-5-3-6-11-12(9-20-16(10)11)17(21)15-13(18)7-4-8-14(15)19/h3-9,20H,2H2,1H3. The number of rotatable bonds is 3. The Morgan fingerprint density at radius 1 is 1.24 bits per heavy atom. The molecule has 0 bridgehead atoms. The maximum Gasteiger partial charge on any atom is 0.199 e. The van der Waals surface area contributed by atoms with E-state index in [0.29, 0.717) is 5.56 Å². The van der Waals surface area contributed by atoms with Crippen LogP contribution in [0.15, 0.2) is 42.6 Å². The topological polar surface area (TPSA) is 32.9 Å². The van der Waals surface area contributed by atoms with Gasteiger partial charge in [-0.3, -0.25) is 4.79 Å². The second kappa shape index (κ2) is 5.34. The van der Waals surface area contributed by atoms with E-state index in [1.54, 1.807) is 6.20 Å². The number of halogens is 2. The molecule has 0 spiro atoms. The highest BCUT2D eigenvalue weighted by Crippen LogP contribution is 2.28. The molecule has 0 fully saturated rings. The largest absolute Gasteiger partial charge is 0.360 e. The molecule has 21 heavy (non-hydrogen) atoms. The number of carbonyl (C=O) groups excluding carboxylic acids is 1. The molecule has 2 nitrogen and oxygen atoms in total. The highest BCUT2D eigenvalue weighted by molar-refractivity contribution is 6.35. The van der Waals surface area contributed by atoms with E-state index >= 15 is 0 Å². The number of ketones is 1. The van der Waals surface area contributed by atoms with Gasteiger partial charge in [0.25, 0.3) is 0 Å². The molecular weight excluding hydrogens is 289 g/mol. The zero-order chi connectivity index (χ0) is 15.0. The van der Waals surface area contributed by atoms with Crippen molar-refractivity contribution in [1.82, 2.24) is 4.98 Å². The first kappa shape index (κ1) is 13.8. The Kier molecular flexibility index (Phi) is 3.52. The average Bonchev–Trinajstić information content (AvgIpc) is 2.90. The lowest BCUT2D eigenvalue weighted by Gasteiger charge is -2.04. The van der Waals surface area contributed by atoms with Crippen LogP contribution in [0.25, 0.3) is 10.9 Å². The van der Waals surface area contributed by atoms with E-state index in [1.165, 1.54) is 18.2 Å². The number of aryl methyl sites for hydroxylation is 1. The summed E-state index contributed by atoms with van der Waals surface area (Å²) in [6.45, 7) is 2.05. The Morgan fingerprint density at radius 2 is 2.00 bits per heavy atom. The van der Waals surface area contributed by atoms with Crippen LogP contribution in [0.2, 0.25) is 5.02 Å². The number of carbonyl (C=O) groups is 1. The summed E-state index contributed by atoms with van der Waals surface area (Å²) in [4.78, 5) is 15.7. The molecule has 0 radical (unpaired) electrons. The van der Waals surface area contributed by atoms with Gasteiger partial charge in [0.1, 0.15) is 5.82 Å². The van der Waals surface area contributed by atoms with Crippen molar-refractivity contribution in [3.05, 3.63) is 70.1 Å². The number of aromatic amines is 1. The van der Waals surface area contributed by atoms with E-state index in [0.717, 1.165) is 22.9 Å². The fourth-order valence-corrected chi connectivity index (χ4v) is 2.80. The maximum absolute atomic E-state index is 13.9. The highest BCUT2D eigenvalue weighted by Gasteiger charge is 2.20. The van der Waals surface area contributed by atoms with Gasteiger partial charge in [-0.25, -0.2) is 4.39 Å². The van der Waals surface area contributed by atoms with Gasteiger partial charge in [-0.15, -0.1) is 0 Å². The van der Waals surface area contributed by atoms with Gasteiger partial charge in [-0.05, 0) is 24.1 Å². The Labute approximate surface area is 126 Å². The summed E-state index contributed by atoms with van der Waals surface area (Å²) in [5.41, 5.74) is 2.39. The molecule has 3 rings (SSSR count). The summed E-state index contributed by atoms with van der Waals surface area (Å²) >= 11 is 5.98. The van der Waals surface area contributed by atoms with Gasteiger partial charge < -0.3 is 4.98 Å². The summed E-state index contributed by atoms with van der Waals surface area (Å²) in [5.74, 6) is -1.01. The summed E-state index contributed by atoms with van der Waals surface area (Å²) in [7, 11) is 0. The molecule has 0 unspecified atom stereocenters. The zero-order valence-corrected chi connectivity index (χ0v) is 12.2. The van der Waals surface area contributed by atoms with Crippen LogP contribution in [0, 0.1) is 5.82 Å². The zero-order valence-electron chi connectivity index (χ0n) is 11.4. The smallest absolute Gasteiger partial charge is 0.199 e. The van der Waals surface area contributed by atoms with Crippen LogP contribution >= 0.6 is 11.6 Å². The van der Waals surface area contributed by atoms with Crippen molar-refractivity contribution in [2.24, 2.45) is 0 Å². The van der Waals surface area contributed by atoms with Crippen LogP contribution < -0.4 is 0 Å². The molecule has 0 aliphatic carbocycles. The highest BCUT2D eigenvalue weighted by atomic mass is 35.5. The van der Waals surface area contributed by atoms with E-state index in [1.807, 2.05) is 25.1 Å². The molecule has 106 valence electrons. The lowest BCUT2D eigenvalue weighted by Crippen LogP contribution is -2.04. The Morgan fingerprint density at radius 3 is 2.71 bits per heavy atom. The minimum atomic E-state index is -0.603. The normalized spacial score (nSPS) is 11.0. The second-order valence-electron chi connectivity index (χ2n) is 4.82. The molecule has 1 N–H and O–H groups in total. The molecule has 0 saturated heterocycles. The molecule has 1 aromatic heterocycles. The summed E-state index contributed by atoms with van der Waals surface area (Å²) in [5, 5.41) is 0.916. The quantitative estimate of drug-likeness (QED) is 0.695. The second-order valence-corrected chi connectivity index (χ2v) is 5.23. The van der Waals surface area contributed by atoms with Crippen LogP contribution in [0.1, 0.15) is 28.4 Å². The predicted molar refractivity (Wildman–Crippen MR) is 82.5 cm³/mol. The molecular formula is C17H13ClFNO. The summed E-state index contributed by atoms with van der Waals surface area (Å²) in [6.07, 6.45) is 2.47. The van der Waals surface area contributed by atoms with Crippen molar-refractivity contribution in [1.29, 1.82) is 0 Å². The van der Waals surface area contributed by atoms with Gasteiger partial charge in [0.2, 0.25) is 0 Å². The molecule has 2 aromatic carbocycles. The lowest BCUT2D eigenvalue weighted by molar-refractivity contribution is 0.103. The third kappa shape index (κ3) is 2.24. The number of aromatic nitrogens is 1. The molecule has 0 aliphatic rings. The van der Waals surface area contributed by atoms with Crippen LogP contribution in [0.3, 0.4) is 0 Å². The van der Waals surface area contributed by atoms with Crippen LogP contribution in [-0.2, 0) is 6.42 Å². The van der Waals surface area contributed by atoms with Crippen molar-refractivity contribution >= 4 is 28.3 Å². The van der Waals surface area contributed by atoms with Crippen molar-refractivity contribution < 1.29 is 9.18 Å². The maximum atomic E-state index is 13.9. The Balaban J connectivity index is 2.19. The number of fused-ring (bicyclic) bond motifs is 1. The molecule has 0 amide bonds. The molecule has 0 saturated carbocycles. The summed E-state index contributed by atoms with van der Waals surface area (Å²) in [6, 6.07) is 10.00. The predicted octanol–water partition coefficient (Wildman–Crippen LogP) is 4.75. The van der Waals surface area contributed by atoms with Crippen molar-refractivity contribution in [3.8, 4) is 0 Å². The van der Waals surface area contributed by atoms with E-state index in [2.05, 4.69) is 4.98 Å². The SMILES string of the molecule is CCc1cccc2c(C(=O)c3c(F)cccc3Cl)c[nH]c12. The van der Waals surface area contributed by atoms with Crippen molar-refractivity contribution in [3.63, 3.8) is 0 Å². The van der Waals surface area contributed by atoms with Gasteiger partial charge in [-0.1, -0.05) is 42.8 Å². The van der Waals surface area contributed by atoms with Crippen LogP contribution in [-0.4, -0.2) is 10.8 Å². The lowest BCUT2D eigenvalue weighted by atomic mass is 10.0. The number of hydrogen-bond donors (Lipinski definition) is 1. The number of para-hydroxylation sites is 1. The minimum absolute atomic E-state index is 0.0815. The molecule has 4 heteroatoms. The summed E-state index contributed by atoms with van der Waals surface area (Å²) < 4.78 is 13.9. The van der Waals surface area contributed by atoms with Gasteiger partial charge in [0, 0.05) is 22.7 Å². The Bertz CT molecular complexity index is 818. The van der Waals surface area contributed by atoms with E-state index < -0.39 is 11.6 Å². The van der Waals surface area contributed by atoms with Crippen molar-refractivity contribution in [2.45, 2.75) is 13.3 Å². The van der Waals surface area contributed by atoms with Crippen molar-refractivity contribution in [2.75, 3.05) is 0 Å². The van der Waals surface area contributed by atoms with Gasteiger partial charge in [0.15, 0.2) is 5.78 Å². The number of nitrogens with one attached hydrogen (secondary N) is 1. The fraction of sp³-hybridized carbons (Fsp3) is 0.118. The fourth-order valence-electron chi connectivity index (χ4n) is 2.55. The first-order chi connectivity index (χ1) is 10.1. The average molecular weight is 302 g/mol. The Hall–Kier alpha value is -2.13. The molecule has 1 heterocycles. The first-order valence-electron chi connectivity index (χ1n) is 6.71. The third-order valence-electron chi connectivity index (χ3n) is 3.62. The third-order valence-corrected chi connectivity index (χ3v) is 3.93. The molecule has 0 atom stereocenters. The van der Waals surface area contributed by atoms with Gasteiger partial charge in [0.05, 0.1) is 10.6 Å². The van der Waals surface area contributed by atoms with Crippen LogP contribution in [0.5, 0.6) is 0 Å². The minimum Gasteiger partial charge on any atom is -0.360 e. The van der Waals surface area contributed by atoms with Gasteiger partial charge >= 0.3 is 0 Å². The number of benzene rings is 2. The van der Waals surface area contributed by atoms with Crippen LogP contribution in [0.4, 0.5) is 4.39 Å². The van der Waals surface area contributed by atoms with E-state index in [4.69, 9.17) is 11.6 Å². The molecule has 0 aliphatic heterocycles. The monoisotopic (exact) mass is 301 g/mol.